The van der Waals surface area contributed by atoms with Crippen LogP contribution in [-0.4, -0.2) is 31.9 Å². The van der Waals surface area contributed by atoms with Gasteiger partial charge in [0.25, 0.3) is 0 Å². The number of carbonyl (C=O) groups excluding carboxylic acids is 1. The summed E-state index contributed by atoms with van der Waals surface area (Å²) in [5, 5.41) is 0. The Morgan fingerprint density at radius 2 is 2.00 bits per heavy atom. The molecule has 102 valence electrons. The van der Waals surface area contributed by atoms with Gasteiger partial charge in [-0.15, -0.1) is 0 Å². The number of hydrogen-bond acceptors (Lipinski definition) is 4. The second kappa shape index (κ2) is 4.57. The molecule has 0 N–H and O–H groups in total. The summed E-state index contributed by atoms with van der Waals surface area (Å²) in [4.78, 5) is 12.2. The highest BCUT2D eigenvalue weighted by atomic mass is 16.6. The van der Waals surface area contributed by atoms with E-state index in [9.17, 15) is 4.79 Å². The Labute approximate surface area is 108 Å². The van der Waals surface area contributed by atoms with Crippen molar-refractivity contribution in [3.05, 3.63) is 11.8 Å². The predicted octanol–water partition coefficient (Wildman–Crippen LogP) is 2.14. The first kappa shape index (κ1) is 13.4. The minimum atomic E-state index is -0.461. The molecule has 18 heavy (non-hydrogen) atoms. The first-order chi connectivity index (χ1) is 8.37. The molecule has 0 radical (unpaired) electrons. The van der Waals surface area contributed by atoms with Crippen LogP contribution in [0.2, 0.25) is 0 Å². The Hall–Kier alpha value is -1.03. The van der Waals surface area contributed by atoms with Gasteiger partial charge in [-0.3, -0.25) is 4.79 Å². The van der Waals surface area contributed by atoms with Gasteiger partial charge in [-0.25, -0.2) is 0 Å². The lowest BCUT2D eigenvalue weighted by Crippen LogP contribution is -2.31. The quantitative estimate of drug-likeness (QED) is 0.724. The first-order valence-electron chi connectivity index (χ1n) is 6.38. The van der Waals surface area contributed by atoms with E-state index in [2.05, 4.69) is 0 Å². The van der Waals surface area contributed by atoms with Crippen molar-refractivity contribution in [3.63, 3.8) is 0 Å². The lowest BCUT2D eigenvalue weighted by Gasteiger charge is -2.26. The van der Waals surface area contributed by atoms with Gasteiger partial charge in [-0.1, -0.05) is 0 Å². The van der Waals surface area contributed by atoms with Crippen LogP contribution in [0.4, 0.5) is 0 Å². The lowest BCUT2D eigenvalue weighted by atomic mass is 9.93. The number of carbonyl (C=O) groups is 1. The van der Waals surface area contributed by atoms with Crippen molar-refractivity contribution < 1.29 is 19.0 Å². The third-order valence-electron chi connectivity index (χ3n) is 3.56. The zero-order chi connectivity index (χ0) is 13.5. The highest BCUT2D eigenvalue weighted by Gasteiger charge is 2.55. The molecule has 2 aliphatic rings. The minimum Gasteiger partial charge on any atom is -0.501 e. The molecule has 0 aromatic rings. The van der Waals surface area contributed by atoms with Gasteiger partial charge in [0.2, 0.25) is 0 Å². The largest absolute Gasteiger partial charge is 0.501 e. The second-order valence-corrected chi connectivity index (χ2v) is 6.04. The minimum absolute atomic E-state index is 0.198. The van der Waals surface area contributed by atoms with E-state index in [0.717, 1.165) is 12.2 Å². The SMILES string of the molecule is COC1=C[C@@H]2[C@H](C[C@@H]1C(=O)OC(C)(C)C)[C@@H]2OC. The third kappa shape index (κ3) is 2.53. The Morgan fingerprint density at radius 3 is 2.50 bits per heavy atom. The molecule has 1 saturated carbocycles. The summed E-state index contributed by atoms with van der Waals surface area (Å²) in [6.45, 7) is 5.63. The van der Waals surface area contributed by atoms with Crippen LogP contribution in [0.15, 0.2) is 11.8 Å². The molecule has 0 heterocycles. The fraction of sp³-hybridized carbons (Fsp3) is 0.786. The molecule has 2 aliphatic carbocycles. The van der Waals surface area contributed by atoms with Crippen molar-refractivity contribution in [1.82, 2.24) is 0 Å². The average Bonchev–Trinajstić information content (AvgIpc) is 2.96. The van der Waals surface area contributed by atoms with Gasteiger partial charge in [0.15, 0.2) is 0 Å². The van der Waals surface area contributed by atoms with Crippen LogP contribution >= 0.6 is 0 Å². The fourth-order valence-electron chi connectivity index (χ4n) is 2.70. The van der Waals surface area contributed by atoms with Gasteiger partial charge >= 0.3 is 5.97 Å². The molecule has 0 amide bonds. The highest BCUT2D eigenvalue weighted by Crippen LogP contribution is 2.52. The van der Waals surface area contributed by atoms with E-state index in [1.807, 2.05) is 26.8 Å². The van der Waals surface area contributed by atoms with Crippen molar-refractivity contribution in [2.24, 2.45) is 17.8 Å². The zero-order valence-corrected chi connectivity index (χ0v) is 11.7. The van der Waals surface area contributed by atoms with E-state index in [1.54, 1.807) is 14.2 Å². The summed E-state index contributed by atoms with van der Waals surface area (Å²) >= 11 is 0. The number of ether oxygens (including phenoxy) is 3. The van der Waals surface area contributed by atoms with Crippen LogP contribution in [0.1, 0.15) is 27.2 Å². The maximum atomic E-state index is 12.2. The van der Waals surface area contributed by atoms with Crippen molar-refractivity contribution >= 4 is 5.97 Å². The number of esters is 1. The van der Waals surface area contributed by atoms with Gasteiger partial charge in [0, 0.05) is 13.0 Å². The standard InChI is InChI=1S/C14H22O4/c1-14(2,3)18-13(15)10-6-8-9(12(8)17-5)7-11(10)16-4/h7-10,12H,6H2,1-5H3/t8-,9+,10-,12-/m0/s1. The molecular weight excluding hydrogens is 232 g/mol. The molecule has 0 saturated heterocycles. The van der Waals surface area contributed by atoms with Gasteiger partial charge < -0.3 is 14.2 Å². The first-order valence-corrected chi connectivity index (χ1v) is 6.38. The number of hydrogen-bond donors (Lipinski definition) is 0. The summed E-state index contributed by atoms with van der Waals surface area (Å²) in [5.41, 5.74) is -0.461. The monoisotopic (exact) mass is 254 g/mol. The van der Waals surface area contributed by atoms with E-state index in [1.165, 1.54) is 0 Å². The predicted molar refractivity (Wildman–Crippen MR) is 66.8 cm³/mol. The molecular formula is C14H22O4. The fourth-order valence-corrected chi connectivity index (χ4v) is 2.70. The Kier molecular flexibility index (Phi) is 3.41. The van der Waals surface area contributed by atoms with Crippen molar-refractivity contribution in [1.29, 1.82) is 0 Å². The number of methoxy groups -OCH3 is 2. The summed E-state index contributed by atoms with van der Waals surface area (Å²) in [7, 11) is 3.32. The van der Waals surface area contributed by atoms with Crippen LogP contribution in [-0.2, 0) is 19.0 Å². The van der Waals surface area contributed by atoms with Crippen LogP contribution in [0.25, 0.3) is 0 Å². The van der Waals surface area contributed by atoms with Crippen molar-refractivity contribution in [2.45, 2.75) is 38.9 Å². The molecule has 0 aliphatic heterocycles. The lowest BCUT2D eigenvalue weighted by molar-refractivity contribution is -0.160. The molecule has 0 aromatic heterocycles. The Morgan fingerprint density at radius 1 is 1.33 bits per heavy atom. The average molecular weight is 254 g/mol. The van der Waals surface area contributed by atoms with E-state index < -0.39 is 5.60 Å². The van der Waals surface area contributed by atoms with Crippen LogP contribution in [0, 0.1) is 17.8 Å². The normalized spacial score (nSPS) is 34.4. The van der Waals surface area contributed by atoms with Crippen LogP contribution < -0.4 is 0 Å². The summed E-state index contributed by atoms with van der Waals surface area (Å²) in [6, 6.07) is 0. The summed E-state index contributed by atoms with van der Waals surface area (Å²) < 4.78 is 16.2. The number of rotatable bonds is 3. The zero-order valence-electron chi connectivity index (χ0n) is 11.7. The third-order valence-corrected chi connectivity index (χ3v) is 3.56. The molecule has 1 fully saturated rings. The van der Waals surface area contributed by atoms with E-state index in [4.69, 9.17) is 14.2 Å². The van der Waals surface area contributed by atoms with E-state index >= 15 is 0 Å². The van der Waals surface area contributed by atoms with Crippen molar-refractivity contribution in [2.75, 3.05) is 14.2 Å². The van der Waals surface area contributed by atoms with Gasteiger partial charge in [0.05, 0.1) is 13.2 Å². The Bertz CT molecular complexity index is 366. The van der Waals surface area contributed by atoms with Gasteiger partial charge in [0.1, 0.15) is 17.3 Å². The van der Waals surface area contributed by atoms with Gasteiger partial charge in [-0.05, 0) is 39.2 Å². The maximum Gasteiger partial charge on any atom is 0.317 e. The summed E-state index contributed by atoms with van der Waals surface area (Å²) in [5.74, 6) is 1.09. The molecule has 2 rings (SSSR count). The molecule has 0 spiro atoms. The maximum absolute atomic E-state index is 12.2. The van der Waals surface area contributed by atoms with Crippen molar-refractivity contribution in [3.8, 4) is 0 Å². The van der Waals surface area contributed by atoms with E-state index in [0.29, 0.717) is 11.8 Å². The highest BCUT2D eigenvalue weighted by molar-refractivity contribution is 5.76. The van der Waals surface area contributed by atoms with Crippen LogP contribution in [0.5, 0.6) is 0 Å². The Balaban J connectivity index is 2.07. The number of fused-ring (bicyclic) bond motifs is 1. The van der Waals surface area contributed by atoms with E-state index in [-0.39, 0.29) is 18.0 Å². The smallest absolute Gasteiger partial charge is 0.317 e. The molecule has 0 bridgehead atoms. The molecule has 4 nitrogen and oxygen atoms in total. The van der Waals surface area contributed by atoms with Gasteiger partial charge in [-0.2, -0.15) is 0 Å². The molecule has 4 atom stereocenters. The van der Waals surface area contributed by atoms with Crippen LogP contribution in [0.3, 0.4) is 0 Å². The topological polar surface area (TPSA) is 44.8 Å². The molecule has 4 heteroatoms. The molecule has 0 aromatic carbocycles. The second-order valence-electron chi connectivity index (χ2n) is 6.04. The molecule has 0 unspecified atom stereocenters. The summed E-state index contributed by atoms with van der Waals surface area (Å²) in [6.07, 6.45) is 3.02.